The number of halogens is 1. The van der Waals surface area contributed by atoms with Gasteiger partial charge in [-0.1, -0.05) is 11.6 Å². The van der Waals surface area contributed by atoms with Crippen molar-refractivity contribution >= 4 is 28.2 Å². The quantitative estimate of drug-likeness (QED) is 0.700. The largest absolute Gasteiger partial charge is 0.384 e. The predicted molar refractivity (Wildman–Crippen MR) is 86.7 cm³/mol. The molecule has 0 unspecified atom stereocenters. The van der Waals surface area contributed by atoms with Gasteiger partial charge < -0.3 is 9.88 Å². The normalized spacial score (nSPS) is 10.9. The summed E-state index contributed by atoms with van der Waals surface area (Å²) >= 11 is 6.07. The standard InChI is InChI=1S/C16H17ClN4/c17-13-3-4-15-14(11-13)16(5-7-20-15)19-6-1-2-9-21-10-8-18-12-21/h3-5,7-8,10-12H,1-2,6,9H2,(H,19,20). The predicted octanol–water partition coefficient (Wildman–Crippen LogP) is 3.98. The zero-order valence-corrected chi connectivity index (χ0v) is 12.4. The molecule has 2 aromatic heterocycles. The third-order valence-corrected chi connectivity index (χ3v) is 3.66. The van der Waals surface area contributed by atoms with E-state index in [-0.39, 0.29) is 0 Å². The molecule has 2 heterocycles. The lowest BCUT2D eigenvalue weighted by atomic mass is 10.2. The third kappa shape index (κ3) is 3.52. The highest BCUT2D eigenvalue weighted by Crippen LogP contribution is 2.24. The van der Waals surface area contributed by atoms with E-state index in [0.717, 1.165) is 47.5 Å². The minimum Gasteiger partial charge on any atom is -0.384 e. The molecule has 21 heavy (non-hydrogen) atoms. The molecule has 4 nitrogen and oxygen atoms in total. The van der Waals surface area contributed by atoms with Gasteiger partial charge in [0.1, 0.15) is 0 Å². The van der Waals surface area contributed by atoms with Gasteiger partial charge in [-0.25, -0.2) is 4.98 Å². The molecule has 0 aliphatic heterocycles. The number of imidazole rings is 1. The molecule has 0 saturated carbocycles. The van der Waals surface area contributed by atoms with E-state index in [0.29, 0.717) is 0 Å². The second kappa shape index (κ2) is 6.59. The van der Waals surface area contributed by atoms with Crippen LogP contribution in [0.15, 0.2) is 49.2 Å². The summed E-state index contributed by atoms with van der Waals surface area (Å²) < 4.78 is 2.10. The summed E-state index contributed by atoms with van der Waals surface area (Å²) in [5, 5.41) is 5.28. The van der Waals surface area contributed by atoms with E-state index in [1.165, 1.54) is 0 Å². The van der Waals surface area contributed by atoms with Crippen LogP contribution in [0.3, 0.4) is 0 Å². The number of anilines is 1. The first-order valence-electron chi connectivity index (χ1n) is 7.07. The van der Waals surface area contributed by atoms with Crippen molar-refractivity contribution in [3.05, 3.63) is 54.2 Å². The van der Waals surface area contributed by atoms with Gasteiger partial charge in [-0.3, -0.25) is 4.98 Å². The number of unbranched alkanes of at least 4 members (excludes halogenated alkanes) is 1. The van der Waals surface area contributed by atoms with Crippen LogP contribution >= 0.6 is 11.6 Å². The minimum atomic E-state index is 0.735. The lowest BCUT2D eigenvalue weighted by Gasteiger charge is -2.09. The first-order valence-corrected chi connectivity index (χ1v) is 7.44. The van der Waals surface area contributed by atoms with E-state index in [2.05, 4.69) is 19.9 Å². The molecule has 0 radical (unpaired) electrons. The molecule has 0 saturated heterocycles. The Balaban J connectivity index is 1.56. The number of aryl methyl sites for hydroxylation is 1. The summed E-state index contributed by atoms with van der Waals surface area (Å²) in [5.41, 5.74) is 2.05. The minimum absolute atomic E-state index is 0.735. The molecule has 1 aromatic carbocycles. The molecule has 3 rings (SSSR count). The Kier molecular flexibility index (Phi) is 4.36. The first-order chi connectivity index (χ1) is 10.3. The highest BCUT2D eigenvalue weighted by atomic mass is 35.5. The maximum absolute atomic E-state index is 6.07. The molecule has 5 heteroatoms. The van der Waals surface area contributed by atoms with Gasteiger partial charge in [-0.2, -0.15) is 0 Å². The van der Waals surface area contributed by atoms with Crippen LogP contribution in [0.5, 0.6) is 0 Å². The number of nitrogens with one attached hydrogen (secondary N) is 1. The molecule has 0 bridgehead atoms. The van der Waals surface area contributed by atoms with E-state index in [4.69, 9.17) is 11.6 Å². The van der Waals surface area contributed by atoms with Crippen molar-refractivity contribution in [1.82, 2.24) is 14.5 Å². The average Bonchev–Trinajstić information content (AvgIpc) is 3.00. The third-order valence-electron chi connectivity index (χ3n) is 3.42. The Morgan fingerprint density at radius 2 is 2.10 bits per heavy atom. The topological polar surface area (TPSA) is 42.7 Å². The molecule has 0 spiro atoms. The van der Waals surface area contributed by atoms with Crippen LogP contribution in [0.2, 0.25) is 5.02 Å². The van der Waals surface area contributed by atoms with Crippen LogP contribution in [0, 0.1) is 0 Å². The lowest BCUT2D eigenvalue weighted by Crippen LogP contribution is -2.04. The number of hydrogen-bond donors (Lipinski definition) is 1. The summed E-state index contributed by atoms with van der Waals surface area (Å²) in [5.74, 6) is 0. The van der Waals surface area contributed by atoms with Crippen molar-refractivity contribution in [2.24, 2.45) is 0 Å². The van der Waals surface area contributed by atoms with Crippen LogP contribution in [0.4, 0.5) is 5.69 Å². The van der Waals surface area contributed by atoms with E-state index in [1.54, 1.807) is 0 Å². The summed E-state index contributed by atoms with van der Waals surface area (Å²) in [6.45, 7) is 1.94. The maximum atomic E-state index is 6.07. The number of hydrogen-bond acceptors (Lipinski definition) is 3. The van der Waals surface area contributed by atoms with E-state index >= 15 is 0 Å². The molecule has 1 N–H and O–H groups in total. The molecule has 0 fully saturated rings. The molecular formula is C16H17ClN4. The molecule has 108 valence electrons. The number of aromatic nitrogens is 3. The van der Waals surface area contributed by atoms with Gasteiger partial charge in [0.15, 0.2) is 0 Å². The first kappa shape index (κ1) is 13.9. The van der Waals surface area contributed by atoms with Gasteiger partial charge in [0.05, 0.1) is 11.8 Å². The van der Waals surface area contributed by atoms with Gasteiger partial charge in [-0.05, 0) is 37.1 Å². The lowest BCUT2D eigenvalue weighted by molar-refractivity contribution is 0.621. The van der Waals surface area contributed by atoms with Crippen molar-refractivity contribution in [2.75, 3.05) is 11.9 Å². The summed E-state index contributed by atoms with van der Waals surface area (Å²) in [6, 6.07) is 7.76. The Labute approximate surface area is 128 Å². The van der Waals surface area contributed by atoms with Crippen LogP contribution < -0.4 is 5.32 Å². The summed E-state index contributed by atoms with van der Waals surface area (Å²) in [6.07, 6.45) is 9.70. The van der Waals surface area contributed by atoms with Crippen molar-refractivity contribution in [3.63, 3.8) is 0 Å². The smallest absolute Gasteiger partial charge is 0.0945 e. The van der Waals surface area contributed by atoms with Gasteiger partial charge in [0.25, 0.3) is 0 Å². The highest BCUT2D eigenvalue weighted by Gasteiger charge is 2.02. The van der Waals surface area contributed by atoms with Crippen LogP contribution in [0.25, 0.3) is 10.9 Å². The molecule has 0 aliphatic carbocycles. The fourth-order valence-corrected chi connectivity index (χ4v) is 2.51. The average molecular weight is 301 g/mol. The monoisotopic (exact) mass is 300 g/mol. The van der Waals surface area contributed by atoms with Crippen molar-refractivity contribution in [1.29, 1.82) is 0 Å². The molecule has 0 atom stereocenters. The number of nitrogens with zero attached hydrogens (tertiary/aromatic N) is 3. The zero-order chi connectivity index (χ0) is 14.5. The van der Waals surface area contributed by atoms with Crippen LogP contribution in [-0.4, -0.2) is 21.1 Å². The van der Waals surface area contributed by atoms with E-state index in [9.17, 15) is 0 Å². The Morgan fingerprint density at radius 3 is 2.95 bits per heavy atom. The van der Waals surface area contributed by atoms with Crippen molar-refractivity contribution < 1.29 is 0 Å². The summed E-state index contributed by atoms with van der Waals surface area (Å²) in [7, 11) is 0. The van der Waals surface area contributed by atoms with Gasteiger partial charge >= 0.3 is 0 Å². The molecule has 0 aliphatic rings. The van der Waals surface area contributed by atoms with E-state index < -0.39 is 0 Å². The van der Waals surface area contributed by atoms with Gasteiger partial charge in [0, 0.05) is 47.8 Å². The van der Waals surface area contributed by atoms with E-state index in [1.807, 2.05) is 49.2 Å². The van der Waals surface area contributed by atoms with Crippen molar-refractivity contribution in [3.8, 4) is 0 Å². The van der Waals surface area contributed by atoms with Gasteiger partial charge in [0.2, 0.25) is 0 Å². The molecule has 0 amide bonds. The number of benzene rings is 1. The maximum Gasteiger partial charge on any atom is 0.0945 e. The van der Waals surface area contributed by atoms with Crippen LogP contribution in [0.1, 0.15) is 12.8 Å². The van der Waals surface area contributed by atoms with Crippen molar-refractivity contribution in [2.45, 2.75) is 19.4 Å². The Bertz CT molecular complexity index is 709. The fourth-order valence-electron chi connectivity index (χ4n) is 2.33. The number of fused-ring (bicyclic) bond motifs is 1. The second-order valence-corrected chi connectivity index (χ2v) is 5.39. The highest BCUT2D eigenvalue weighted by molar-refractivity contribution is 6.31. The molecule has 3 aromatic rings. The SMILES string of the molecule is Clc1ccc2nccc(NCCCCn3ccnc3)c2c1. The fraction of sp³-hybridized carbons (Fsp3) is 0.250. The Morgan fingerprint density at radius 1 is 1.14 bits per heavy atom. The van der Waals surface area contributed by atoms with Crippen LogP contribution in [-0.2, 0) is 6.54 Å². The Hall–Kier alpha value is -2.07. The number of rotatable bonds is 6. The van der Waals surface area contributed by atoms with Gasteiger partial charge in [-0.15, -0.1) is 0 Å². The molecular weight excluding hydrogens is 284 g/mol. The number of pyridine rings is 1. The second-order valence-electron chi connectivity index (χ2n) is 4.95. The summed E-state index contributed by atoms with van der Waals surface area (Å²) in [4.78, 5) is 8.39. The zero-order valence-electron chi connectivity index (χ0n) is 11.7.